The van der Waals surface area contributed by atoms with E-state index in [2.05, 4.69) is 31.1 Å². The minimum Gasteiger partial charge on any atom is -0.493 e. The lowest BCUT2D eigenvalue weighted by Crippen LogP contribution is -2.05. The van der Waals surface area contributed by atoms with E-state index in [4.69, 9.17) is 4.74 Å². The van der Waals surface area contributed by atoms with Gasteiger partial charge in [0.25, 0.3) is 0 Å². The minimum absolute atomic E-state index is 0.414. The zero-order valence-electron chi connectivity index (χ0n) is 12.7. The van der Waals surface area contributed by atoms with Gasteiger partial charge in [0.1, 0.15) is 11.4 Å². The van der Waals surface area contributed by atoms with Crippen LogP contribution in [-0.4, -0.2) is 27.9 Å². The van der Waals surface area contributed by atoms with Crippen LogP contribution in [0.1, 0.15) is 43.4 Å². The topological polar surface area (TPSA) is 57.0 Å². The third kappa shape index (κ3) is 3.68. The molecule has 112 valence electrons. The van der Waals surface area contributed by atoms with Crippen molar-refractivity contribution in [3.05, 3.63) is 35.7 Å². The standard InChI is InChI=1S/C16H21N3O2/c1-4-5-16-15(10-20)17-18-19(16)13-6-8-14(9-7-13)21-11-12(2)3/h6-10,12H,4-5,11H2,1-3H3. The van der Waals surface area contributed by atoms with Crippen molar-refractivity contribution >= 4 is 6.29 Å². The average molecular weight is 287 g/mol. The maximum absolute atomic E-state index is 11.0. The van der Waals surface area contributed by atoms with Crippen molar-refractivity contribution in [1.82, 2.24) is 15.0 Å². The molecule has 0 spiro atoms. The van der Waals surface area contributed by atoms with Crippen LogP contribution < -0.4 is 4.74 Å². The molecule has 1 heterocycles. The number of nitrogens with zero attached hydrogens (tertiary/aromatic N) is 3. The fourth-order valence-electron chi connectivity index (χ4n) is 2.03. The van der Waals surface area contributed by atoms with E-state index in [1.807, 2.05) is 24.3 Å². The van der Waals surface area contributed by atoms with Crippen LogP contribution in [-0.2, 0) is 6.42 Å². The van der Waals surface area contributed by atoms with Crippen LogP contribution in [0.3, 0.4) is 0 Å². The number of aldehydes is 1. The lowest BCUT2D eigenvalue weighted by Gasteiger charge is -2.10. The molecule has 0 aliphatic carbocycles. The molecule has 5 heteroatoms. The van der Waals surface area contributed by atoms with Crippen LogP contribution in [0, 0.1) is 5.92 Å². The molecule has 0 saturated heterocycles. The second-order valence-electron chi connectivity index (χ2n) is 5.40. The third-order valence-electron chi connectivity index (χ3n) is 3.06. The van der Waals surface area contributed by atoms with Gasteiger partial charge in [-0.15, -0.1) is 5.10 Å². The van der Waals surface area contributed by atoms with Crippen molar-refractivity contribution in [2.75, 3.05) is 6.61 Å². The number of benzene rings is 1. The van der Waals surface area contributed by atoms with Gasteiger partial charge in [0, 0.05) is 0 Å². The number of carbonyl (C=O) groups is 1. The van der Waals surface area contributed by atoms with E-state index in [0.717, 1.165) is 36.3 Å². The van der Waals surface area contributed by atoms with Crippen molar-refractivity contribution < 1.29 is 9.53 Å². The first-order chi connectivity index (χ1) is 10.2. The molecule has 0 amide bonds. The van der Waals surface area contributed by atoms with Crippen LogP contribution >= 0.6 is 0 Å². The Labute approximate surface area is 124 Å². The SMILES string of the molecule is CCCc1c(C=O)nnn1-c1ccc(OCC(C)C)cc1. The highest BCUT2D eigenvalue weighted by molar-refractivity contribution is 5.73. The molecule has 0 fully saturated rings. The van der Waals surface area contributed by atoms with Gasteiger partial charge in [-0.3, -0.25) is 4.79 Å². The maximum atomic E-state index is 11.0. The first-order valence-corrected chi connectivity index (χ1v) is 7.28. The third-order valence-corrected chi connectivity index (χ3v) is 3.06. The Balaban J connectivity index is 2.22. The predicted octanol–water partition coefficient (Wildman–Crippen LogP) is 3.07. The van der Waals surface area contributed by atoms with Crippen LogP contribution in [0.2, 0.25) is 0 Å². The molecule has 0 saturated carbocycles. The van der Waals surface area contributed by atoms with Crippen LogP contribution in [0.5, 0.6) is 5.75 Å². The monoisotopic (exact) mass is 287 g/mol. The number of hydrogen-bond acceptors (Lipinski definition) is 4. The number of hydrogen-bond donors (Lipinski definition) is 0. The van der Waals surface area contributed by atoms with Gasteiger partial charge in [-0.05, 0) is 36.6 Å². The van der Waals surface area contributed by atoms with E-state index in [1.165, 1.54) is 0 Å². The van der Waals surface area contributed by atoms with E-state index in [1.54, 1.807) is 4.68 Å². The zero-order chi connectivity index (χ0) is 15.2. The quantitative estimate of drug-likeness (QED) is 0.734. The number of ether oxygens (including phenoxy) is 1. The highest BCUT2D eigenvalue weighted by Crippen LogP contribution is 2.18. The lowest BCUT2D eigenvalue weighted by atomic mass is 10.2. The smallest absolute Gasteiger partial charge is 0.172 e. The van der Waals surface area contributed by atoms with E-state index in [-0.39, 0.29) is 0 Å². The Hall–Kier alpha value is -2.17. The molecule has 0 N–H and O–H groups in total. The number of carbonyl (C=O) groups excluding carboxylic acids is 1. The van der Waals surface area contributed by atoms with Gasteiger partial charge in [0.05, 0.1) is 18.0 Å². The van der Waals surface area contributed by atoms with Crippen LogP contribution in [0.4, 0.5) is 0 Å². The second-order valence-corrected chi connectivity index (χ2v) is 5.40. The largest absolute Gasteiger partial charge is 0.493 e. The Morgan fingerprint density at radius 3 is 2.57 bits per heavy atom. The van der Waals surface area contributed by atoms with Gasteiger partial charge < -0.3 is 4.74 Å². The summed E-state index contributed by atoms with van der Waals surface area (Å²) in [4.78, 5) is 11.0. The van der Waals surface area contributed by atoms with Gasteiger partial charge in [-0.2, -0.15) is 0 Å². The fraction of sp³-hybridized carbons (Fsp3) is 0.438. The normalized spacial score (nSPS) is 10.9. The summed E-state index contributed by atoms with van der Waals surface area (Å²) in [7, 11) is 0. The Bertz CT molecular complexity index is 588. The number of aromatic nitrogens is 3. The molecule has 2 aromatic rings. The summed E-state index contributed by atoms with van der Waals surface area (Å²) < 4.78 is 7.38. The number of rotatable bonds is 7. The molecule has 0 radical (unpaired) electrons. The molecule has 21 heavy (non-hydrogen) atoms. The van der Waals surface area contributed by atoms with Gasteiger partial charge in [0.15, 0.2) is 6.29 Å². The lowest BCUT2D eigenvalue weighted by molar-refractivity contribution is 0.111. The first kappa shape index (κ1) is 15.2. The summed E-state index contributed by atoms with van der Waals surface area (Å²) in [6, 6.07) is 7.68. The zero-order valence-corrected chi connectivity index (χ0v) is 12.7. The summed E-state index contributed by atoms with van der Waals surface area (Å²) in [5, 5.41) is 8.00. The van der Waals surface area contributed by atoms with E-state index >= 15 is 0 Å². The molecule has 0 aliphatic heterocycles. The van der Waals surface area contributed by atoms with Crippen LogP contribution in [0.25, 0.3) is 5.69 Å². The Morgan fingerprint density at radius 1 is 1.29 bits per heavy atom. The summed E-state index contributed by atoms with van der Waals surface area (Å²) in [5.41, 5.74) is 2.15. The predicted molar refractivity (Wildman–Crippen MR) is 81.1 cm³/mol. The molecule has 2 rings (SSSR count). The summed E-state index contributed by atoms with van der Waals surface area (Å²) in [5.74, 6) is 1.33. The molecule has 0 aliphatic rings. The van der Waals surface area contributed by atoms with Gasteiger partial charge in [-0.25, -0.2) is 4.68 Å². The van der Waals surface area contributed by atoms with Crippen molar-refractivity contribution in [3.8, 4) is 11.4 Å². The molecule has 1 aromatic heterocycles. The second kappa shape index (κ2) is 7.02. The van der Waals surface area contributed by atoms with E-state index in [9.17, 15) is 4.79 Å². The molecular weight excluding hydrogens is 266 g/mol. The molecule has 0 bridgehead atoms. The Morgan fingerprint density at radius 2 is 2.00 bits per heavy atom. The summed E-state index contributed by atoms with van der Waals surface area (Å²) >= 11 is 0. The average Bonchev–Trinajstić information content (AvgIpc) is 2.89. The molecule has 0 unspecified atom stereocenters. The van der Waals surface area contributed by atoms with Crippen LogP contribution in [0.15, 0.2) is 24.3 Å². The molecule has 1 aromatic carbocycles. The highest BCUT2D eigenvalue weighted by atomic mass is 16.5. The van der Waals surface area contributed by atoms with Crippen molar-refractivity contribution in [3.63, 3.8) is 0 Å². The van der Waals surface area contributed by atoms with E-state index < -0.39 is 0 Å². The van der Waals surface area contributed by atoms with Gasteiger partial charge in [0.2, 0.25) is 0 Å². The minimum atomic E-state index is 0.414. The molecule has 5 nitrogen and oxygen atoms in total. The van der Waals surface area contributed by atoms with Crippen molar-refractivity contribution in [1.29, 1.82) is 0 Å². The highest BCUT2D eigenvalue weighted by Gasteiger charge is 2.12. The van der Waals surface area contributed by atoms with Crippen molar-refractivity contribution in [2.24, 2.45) is 5.92 Å². The summed E-state index contributed by atoms with van der Waals surface area (Å²) in [6.07, 6.45) is 2.46. The van der Waals surface area contributed by atoms with Crippen molar-refractivity contribution in [2.45, 2.75) is 33.6 Å². The first-order valence-electron chi connectivity index (χ1n) is 7.28. The summed E-state index contributed by atoms with van der Waals surface area (Å²) in [6.45, 7) is 6.98. The van der Waals surface area contributed by atoms with Gasteiger partial charge in [-0.1, -0.05) is 32.4 Å². The maximum Gasteiger partial charge on any atom is 0.172 e. The Kier molecular flexibility index (Phi) is 5.09. The van der Waals surface area contributed by atoms with Gasteiger partial charge >= 0.3 is 0 Å². The molecule has 0 atom stereocenters. The fourth-order valence-corrected chi connectivity index (χ4v) is 2.03. The molecular formula is C16H21N3O2. The van der Waals surface area contributed by atoms with E-state index in [0.29, 0.717) is 18.2 Å².